The molecular weight excluding hydrogens is 391 g/mol. The third-order valence-electron chi connectivity index (χ3n) is 5.08. The van der Waals surface area contributed by atoms with Gasteiger partial charge in [-0.05, 0) is 55.5 Å². The highest BCUT2D eigenvalue weighted by molar-refractivity contribution is 7.92. The zero-order valence-corrected chi connectivity index (χ0v) is 18.4. The molecular formula is C22H29FN2O3S. The second-order valence-corrected chi connectivity index (χ2v) is 9.11. The lowest BCUT2D eigenvalue weighted by molar-refractivity contribution is -0.123. The Labute approximate surface area is 173 Å². The minimum absolute atomic E-state index is 0.128. The van der Waals surface area contributed by atoms with Crippen molar-refractivity contribution in [2.45, 2.75) is 52.6 Å². The second kappa shape index (κ2) is 9.39. The molecule has 158 valence electrons. The number of carbonyl (C=O) groups is 1. The Morgan fingerprint density at radius 2 is 1.72 bits per heavy atom. The van der Waals surface area contributed by atoms with Gasteiger partial charge in [0, 0.05) is 0 Å². The monoisotopic (exact) mass is 420 g/mol. The van der Waals surface area contributed by atoms with Crippen LogP contribution in [0.4, 0.5) is 10.1 Å². The molecule has 0 aromatic heterocycles. The number of sulfonamides is 1. The summed E-state index contributed by atoms with van der Waals surface area (Å²) in [6, 6.07) is 10.2. The number of hydrogen-bond donors (Lipinski definition) is 1. The summed E-state index contributed by atoms with van der Waals surface area (Å²) in [6.07, 6.45) is 1.83. The highest BCUT2D eigenvalue weighted by atomic mass is 32.2. The van der Waals surface area contributed by atoms with Gasteiger partial charge in [-0.15, -0.1) is 0 Å². The molecule has 7 heteroatoms. The van der Waals surface area contributed by atoms with Crippen LogP contribution in [0.5, 0.6) is 0 Å². The van der Waals surface area contributed by atoms with E-state index in [0.29, 0.717) is 6.42 Å². The Balaban J connectivity index is 2.38. The van der Waals surface area contributed by atoms with Gasteiger partial charge in [0.05, 0.1) is 18.0 Å². The molecule has 0 heterocycles. The molecule has 2 unspecified atom stereocenters. The Hall–Kier alpha value is -2.41. The molecule has 2 rings (SSSR count). The van der Waals surface area contributed by atoms with Gasteiger partial charge < -0.3 is 5.32 Å². The van der Waals surface area contributed by atoms with E-state index in [9.17, 15) is 17.6 Å². The third kappa shape index (κ3) is 5.35. The maximum Gasteiger partial charge on any atom is 0.244 e. The van der Waals surface area contributed by atoms with Crippen molar-refractivity contribution in [2.75, 3.05) is 10.6 Å². The van der Waals surface area contributed by atoms with E-state index in [0.717, 1.165) is 27.3 Å². The Kier molecular flexibility index (Phi) is 7.41. The largest absolute Gasteiger partial charge is 0.347 e. The number of aryl methyl sites for hydroxylation is 2. The highest BCUT2D eigenvalue weighted by Crippen LogP contribution is 2.26. The molecule has 5 nitrogen and oxygen atoms in total. The number of anilines is 1. The molecule has 0 fully saturated rings. The number of halogens is 1. The van der Waals surface area contributed by atoms with E-state index < -0.39 is 27.8 Å². The van der Waals surface area contributed by atoms with E-state index in [1.54, 1.807) is 13.0 Å². The van der Waals surface area contributed by atoms with E-state index in [2.05, 4.69) is 5.32 Å². The summed E-state index contributed by atoms with van der Waals surface area (Å²) in [7, 11) is -3.88. The third-order valence-corrected chi connectivity index (χ3v) is 6.24. The average Bonchev–Trinajstić information content (AvgIpc) is 2.66. The quantitative estimate of drug-likeness (QED) is 0.694. The molecule has 2 atom stereocenters. The lowest BCUT2D eigenvalue weighted by Gasteiger charge is -2.31. The van der Waals surface area contributed by atoms with E-state index in [4.69, 9.17) is 0 Å². The summed E-state index contributed by atoms with van der Waals surface area (Å²) in [5.74, 6) is -1.14. The van der Waals surface area contributed by atoms with Crippen LogP contribution in [0, 0.1) is 19.7 Å². The van der Waals surface area contributed by atoms with Crippen molar-refractivity contribution >= 4 is 21.6 Å². The number of nitrogens with zero attached hydrogens (tertiary/aromatic N) is 1. The molecule has 0 radical (unpaired) electrons. The van der Waals surface area contributed by atoms with Crippen molar-refractivity contribution in [2.24, 2.45) is 0 Å². The molecule has 0 saturated carbocycles. The molecule has 2 aromatic rings. The summed E-state index contributed by atoms with van der Waals surface area (Å²) in [6.45, 7) is 7.68. The number of para-hydroxylation sites is 1. The highest BCUT2D eigenvalue weighted by Gasteiger charge is 2.33. The van der Waals surface area contributed by atoms with Crippen LogP contribution in [0.1, 0.15) is 49.4 Å². The second-order valence-electron chi connectivity index (χ2n) is 7.25. The molecule has 1 N–H and O–H groups in total. The predicted octanol–water partition coefficient (Wildman–Crippen LogP) is 4.25. The fourth-order valence-corrected chi connectivity index (χ4v) is 4.55. The van der Waals surface area contributed by atoms with E-state index in [-0.39, 0.29) is 18.2 Å². The van der Waals surface area contributed by atoms with Crippen LogP contribution in [-0.4, -0.2) is 26.6 Å². The Bertz CT molecular complexity index is 976. The van der Waals surface area contributed by atoms with E-state index in [1.165, 1.54) is 18.2 Å². The fourth-order valence-electron chi connectivity index (χ4n) is 3.34. The maximum atomic E-state index is 14.4. The van der Waals surface area contributed by atoms with Gasteiger partial charge >= 0.3 is 0 Å². The van der Waals surface area contributed by atoms with Crippen LogP contribution in [0.3, 0.4) is 0 Å². The SMILES string of the molecule is CCC(NC(=O)C(CC)N(c1ccccc1F)S(C)(=O)=O)c1ccc(C)c(C)c1. The predicted molar refractivity (Wildman–Crippen MR) is 115 cm³/mol. The molecule has 0 aliphatic heterocycles. The number of rotatable bonds is 8. The first-order valence-electron chi connectivity index (χ1n) is 9.71. The minimum Gasteiger partial charge on any atom is -0.347 e. The van der Waals surface area contributed by atoms with Crippen molar-refractivity contribution in [1.82, 2.24) is 5.32 Å². The molecule has 1 amide bonds. The molecule has 0 bridgehead atoms. The number of benzene rings is 2. The van der Waals surface area contributed by atoms with Crippen molar-refractivity contribution in [3.8, 4) is 0 Å². The Morgan fingerprint density at radius 1 is 1.07 bits per heavy atom. The van der Waals surface area contributed by atoms with Crippen molar-refractivity contribution in [3.05, 3.63) is 65.0 Å². The first kappa shape index (κ1) is 22.9. The van der Waals surface area contributed by atoms with E-state index >= 15 is 0 Å². The summed E-state index contributed by atoms with van der Waals surface area (Å²) >= 11 is 0. The number of carbonyl (C=O) groups excluding carboxylic acids is 1. The number of hydrogen-bond acceptors (Lipinski definition) is 3. The van der Waals surface area contributed by atoms with Crippen molar-refractivity contribution < 1.29 is 17.6 Å². The molecule has 0 spiro atoms. The van der Waals surface area contributed by atoms with Gasteiger partial charge in [0.15, 0.2) is 0 Å². The van der Waals surface area contributed by atoms with Crippen molar-refractivity contribution in [1.29, 1.82) is 0 Å². The van der Waals surface area contributed by atoms with E-state index in [1.807, 2.05) is 39.0 Å². The summed E-state index contributed by atoms with van der Waals surface area (Å²) in [5, 5.41) is 2.95. The molecule has 0 aliphatic carbocycles. The van der Waals surface area contributed by atoms with Crippen molar-refractivity contribution in [3.63, 3.8) is 0 Å². The van der Waals surface area contributed by atoms with Gasteiger partial charge in [-0.3, -0.25) is 9.10 Å². The van der Waals surface area contributed by atoms with Gasteiger partial charge in [-0.2, -0.15) is 0 Å². The van der Waals surface area contributed by atoms with Gasteiger partial charge in [0.25, 0.3) is 0 Å². The molecule has 0 aliphatic rings. The summed E-state index contributed by atoms with van der Waals surface area (Å²) in [5.41, 5.74) is 3.10. The van der Waals surface area contributed by atoms with Gasteiger partial charge in [0.1, 0.15) is 11.9 Å². The average molecular weight is 421 g/mol. The fraction of sp³-hybridized carbons (Fsp3) is 0.409. The number of amides is 1. The molecule has 29 heavy (non-hydrogen) atoms. The first-order valence-corrected chi connectivity index (χ1v) is 11.6. The van der Waals surface area contributed by atoms with Crippen LogP contribution in [0.2, 0.25) is 0 Å². The summed E-state index contributed by atoms with van der Waals surface area (Å²) in [4.78, 5) is 13.1. The van der Waals surface area contributed by atoms with Crippen LogP contribution in [0.25, 0.3) is 0 Å². The molecule has 0 saturated heterocycles. The lowest BCUT2D eigenvalue weighted by atomic mass is 9.99. The lowest BCUT2D eigenvalue weighted by Crippen LogP contribution is -2.50. The van der Waals surface area contributed by atoms with Gasteiger partial charge in [-0.1, -0.05) is 44.2 Å². The Morgan fingerprint density at radius 3 is 2.24 bits per heavy atom. The number of nitrogens with one attached hydrogen (secondary N) is 1. The maximum absolute atomic E-state index is 14.4. The summed E-state index contributed by atoms with van der Waals surface area (Å²) < 4.78 is 40.2. The van der Waals surface area contributed by atoms with Crippen LogP contribution in [0.15, 0.2) is 42.5 Å². The first-order chi connectivity index (χ1) is 13.6. The smallest absolute Gasteiger partial charge is 0.244 e. The van der Waals surface area contributed by atoms with Crippen LogP contribution < -0.4 is 9.62 Å². The minimum atomic E-state index is -3.88. The molecule has 2 aromatic carbocycles. The zero-order chi connectivity index (χ0) is 21.8. The normalized spacial score (nSPS) is 13.6. The van der Waals surface area contributed by atoms with Crippen LogP contribution in [-0.2, 0) is 14.8 Å². The zero-order valence-electron chi connectivity index (χ0n) is 17.6. The standard InChI is InChI=1S/C22H29FN2O3S/c1-6-19(17-13-12-15(3)16(4)14-17)24-22(26)20(7-2)25(29(5,27)28)21-11-9-8-10-18(21)23/h8-14,19-20H,6-7H2,1-5H3,(H,24,26). The van der Waals surface area contributed by atoms with Gasteiger partial charge in [-0.25, -0.2) is 12.8 Å². The van der Waals surface area contributed by atoms with Crippen LogP contribution >= 0.6 is 0 Å². The van der Waals surface area contributed by atoms with Gasteiger partial charge in [0.2, 0.25) is 15.9 Å². The topological polar surface area (TPSA) is 66.5 Å².